The maximum atomic E-state index is 11.1. The van der Waals surface area contributed by atoms with E-state index in [1.54, 1.807) is 17.8 Å². The molecule has 0 spiro atoms. The van der Waals surface area contributed by atoms with Crippen molar-refractivity contribution in [3.63, 3.8) is 0 Å². The minimum Gasteiger partial charge on any atom is -0.490 e. The number of hydrogen-bond donors (Lipinski definition) is 0. The summed E-state index contributed by atoms with van der Waals surface area (Å²) in [5.41, 5.74) is 0.175. The topological polar surface area (TPSA) is 61.3 Å². The molecule has 0 amide bonds. The summed E-state index contributed by atoms with van der Waals surface area (Å²) in [6, 6.07) is 1.56. The second kappa shape index (κ2) is 3.83. The van der Waals surface area contributed by atoms with Crippen LogP contribution in [0.5, 0.6) is 5.75 Å². The van der Waals surface area contributed by atoms with Gasteiger partial charge in [-0.1, -0.05) is 11.8 Å². The lowest BCUT2D eigenvalue weighted by molar-refractivity contribution is 0.0591. The summed E-state index contributed by atoms with van der Waals surface area (Å²) < 4.78 is 9.85. The number of hydrogen-bond acceptors (Lipinski definition) is 6. The third-order valence-corrected chi connectivity index (χ3v) is 2.63. The third kappa shape index (κ3) is 1.65. The van der Waals surface area contributed by atoms with E-state index in [9.17, 15) is 4.79 Å². The van der Waals surface area contributed by atoms with Crippen LogP contribution in [0, 0.1) is 0 Å². The van der Waals surface area contributed by atoms with E-state index in [0.717, 1.165) is 10.8 Å². The molecule has 14 heavy (non-hydrogen) atoms. The smallest absolute Gasteiger partial charge is 0.358 e. The Morgan fingerprint density at radius 2 is 2.50 bits per heavy atom. The fourth-order valence-corrected chi connectivity index (χ4v) is 1.78. The summed E-state index contributed by atoms with van der Waals surface area (Å²) in [4.78, 5) is 11.1. The lowest BCUT2D eigenvalue weighted by Crippen LogP contribution is -2.12. The fraction of sp³-hybridized carbons (Fsp3) is 0.375. The van der Waals surface area contributed by atoms with Crippen LogP contribution in [0.25, 0.3) is 0 Å². The van der Waals surface area contributed by atoms with Crippen LogP contribution in [-0.4, -0.2) is 35.6 Å². The second-order valence-corrected chi connectivity index (χ2v) is 3.67. The SMILES string of the molecule is COC(=O)c1cc2c(nn1)SCCO2. The Hall–Kier alpha value is -1.30. The van der Waals surface area contributed by atoms with E-state index in [2.05, 4.69) is 14.9 Å². The van der Waals surface area contributed by atoms with Gasteiger partial charge in [0.2, 0.25) is 0 Å². The van der Waals surface area contributed by atoms with Crippen molar-refractivity contribution in [1.29, 1.82) is 0 Å². The summed E-state index contributed by atoms with van der Waals surface area (Å²) in [6.45, 7) is 0.629. The molecule has 0 aromatic carbocycles. The van der Waals surface area contributed by atoms with Gasteiger partial charge in [0, 0.05) is 11.8 Å². The minimum atomic E-state index is -0.500. The zero-order valence-electron chi connectivity index (χ0n) is 7.52. The van der Waals surface area contributed by atoms with Gasteiger partial charge >= 0.3 is 5.97 Å². The van der Waals surface area contributed by atoms with E-state index in [1.807, 2.05) is 0 Å². The first-order valence-electron chi connectivity index (χ1n) is 4.03. The number of thioether (sulfide) groups is 1. The van der Waals surface area contributed by atoms with Crippen LogP contribution in [-0.2, 0) is 4.74 Å². The second-order valence-electron chi connectivity index (χ2n) is 2.59. The lowest BCUT2D eigenvalue weighted by Gasteiger charge is -2.14. The number of carbonyl (C=O) groups is 1. The predicted octanol–water partition coefficient (Wildman–Crippen LogP) is 0.748. The van der Waals surface area contributed by atoms with Crippen LogP contribution >= 0.6 is 11.8 Å². The molecule has 0 bridgehead atoms. The molecule has 1 aromatic rings. The normalized spacial score (nSPS) is 14.1. The van der Waals surface area contributed by atoms with Crippen molar-refractivity contribution in [2.24, 2.45) is 0 Å². The Morgan fingerprint density at radius 3 is 3.29 bits per heavy atom. The third-order valence-electron chi connectivity index (χ3n) is 1.70. The molecule has 0 aliphatic carbocycles. The number of methoxy groups -OCH3 is 1. The Morgan fingerprint density at radius 1 is 1.64 bits per heavy atom. The average molecular weight is 212 g/mol. The molecule has 74 valence electrons. The van der Waals surface area contributed by atoms with Gasteiger partial charge in [0.05, 0.1) is 13.7 Å². The van der Waals surface area contributed by atoms with Crippen molar-refractivity contribution >= 4 is 17.7 Å². The van der Waals surface area contributed by atoms with Crippen molar-refractivity contribution in [3.8, 4) is 5.75 Å². The molecule has 6 heteroatoms. The van der Waals surface area contributed by atoms with E-state index < -0.39 is 5.97 Å². The summed E-state index contributed by atoms with van der Waals surface area (Å²) in [5.74, 6) is 0.968. The number of nitrogens with zero attached hydrogens (tertiary/aromatic N) is 2. The molecular weight excluding hydrogens is 204 g/mol. The highest BCUT2D eigenvalue weighted by Crippen LogP contribution is 2.30. The molecule has 0 radical (unpaired) electrons. The quantitative estimate of drug-likeness (QED) is 0.640. The first-order chi connectivity index (χ1) is 6.81. The maximum Gasteiger partial charge on any atom is 0.358 e. The van der Waals surface area contributed by atoms with Gasteiger partial charge in [-0.25, -0.2) is 4.79 Å². The molecule has 1 aliphatic rings. The van der Waals surface area contributed by atoms with Crippen molar-refractivity contribution in [1.82, 2.24) is 10.2 Å². The first kappa shape index (κ1) is 9.26. The van der Waals surface area contributed by atoms with Crippen LogP contribution < -0.4 is 4.74 Å². The molecule has 0 saturated heterocycles. The fourth-order valence-electron chi connectivity index (χ4n) is 1.06. The van der Waals surface area contributed by atoms with Gasteiger partial charge in [-0.3, -0.25) is 0 Å². The Balaban J connectivity index is 2.33. The highest BCUT2D eigenvalue weighted by atomic mass is 32.2. The lowest BCUT2D eigenvalue weighted by atomic mass is 10.4. The minimum absolute atomic E-state index is 0.175. The highest BCUT2D eigenvalue weighted by molar-refractivity contribution is 7.99. The molecule has 1 aromatic heterocycles. The molecule has 5 nitrogen and oxygen atoms in total. The van der Waals surface area contributed by atoms with E-state index in [1.165, 1.54) is 7.11 Å². The Bertz CT molecular complexity index is 370. The number of ether oxygens (including phenoxy) is 2. The molecular formula is C8H8N2O3S. The van der Waals surface area contributed by atoms with Crippen molar-refractivity contribution in [3.05, 3.63) is 11.8 Å². The number of esters is 1. The van der Waals surface area contributed by atoms with Crippen LogP contribution in [0.3, 0.4) is 0 Å². The zero-order chi connectivity index (χ0) is 9.97. The van der Waals surface area contributed by atoms with E-state index >= 15 is 0 Å². The van der Waals surface area contributed by atoms with Crippen molar-refractivity contribution in [2.75, 3.05) is 19.5 Å². The molecule has 0 N–H and O–H groups in total. The van der Waals surface area contributed by atoms with Gasteiger partial charge in [0.1, 0.15) is 0 Å². The molecule has 2 rings (SSSR count). The predicted molar refractivity (Wildman–Crippen MR) is 49.6 cm³/mol. The maximum absolute atomic E-state index is 11.1. The molecule has 0 fully saturated rings. The molecule has 0 unspecified atom stereocenters. The van der Waals surface area contributed by atoms with Crippen LogP contribution in [0.15, 0.2) is 11.1 Å². The monoisotopic (exact) mass is 212 g/mol. The summed E-state index contributed by atoms with van der Waals surface area (Å²) >= 11 is 1.57. The van der Waals surface area contributed by atoms with Crippen LogP contribution in [0.1, 0.15) is 10.5 Å². The van der Waals surface area contributed by atoms with Gasteiger partial charge in [-0.05, 0) is 0 Å². The summed E-state index contributed by atoms with van der Waals surface area (Å²) in [5, 5.41) is 8.34. The molecule has 2 heterocycles. The Labute approximate surface area is 84.8 Å². The standard InChI is InChI=1S/C8H8N2O3S/c1-12-8(11)5-4-6-7(10-9-5)14-3-2-13-6/h4H,2-3H2,1H3. The molecule has 0 atom stereocenters. The zero-order valence-corrected chi connectivity index (χ0v) is 8.34. The summed E-state index contributed by atoms with van der Waals surface area (Å²) in [7, 11) is 1.30. The van der Waals surface area contributed by atoms with E-state index in [0.29, 0.717) is 12.4 Å². The summed E-state index contributed by atoms with van der Waals surface area (Å²) in [6.07, 6.45) is 0. The van der Waals surface area contributed by atoms with Crippen LogP contribution in [0.2, 0.25) is 0 Å². The van der Waals surface area contributed by atoms with Gasteiger partial charge in [0.25, 0.3) is 0 Å². The van der Waals surface area contributed by atoms with Gasteiger partial charge in [0.15, 0.2) is 16.5 Å². The van der Waals surface area contributed by atoms with Gasteiger partial charge in [-0.2, -0.15) is 0 Å². The molecule has 0 saturated carbocycles. The Kier molecular flexibility index (Phi) is 2.53. The number of fused-ring (bicyclic) bond motifs is 1. The van der Waals surface area contributed by atoms with Crippen molar-refractivity contribution < 1.29 is 14.3 Å². The van der Waals surface area contributed by atoms with Gasteiger partial charge < -0.3 is 9.47 Å². The van der Waals surface area contributed by atoms with E-state index in [-0.39, 0.29) is 5.69 Å². The first-order valence-corrected chi connectivity index (χ1v) is 5.01. The molecule has 1 aliphatic heterocycles. The van der Waals surface area contributed by atoms with Crippen molar-refractivity contribution in [2.45, 2.75) is 5.03 Å². The number of rotatable bonds is 1. The number of aromatic nitrogens is 2. The highest BCUT2D eigenvalue weighted by Gasteiger charge is 2.17. The number of carbonyl (C=O) groups excluding carboxylic acids is 1. The van der Waals surface area contributed by atoms with E-state index in [4.69, 9.17) is 4.74 Å². The van der Waals surface area contributed by atoms with Gasteiger partial charge in [-0.15, -0.1) is 10.2 Å². The largest absolute Gasteiger partial charge is 0.490 e. The average Bonchev–Trinajstić information content (AvgIpc) is 2.27. The van der Waals surface area contributed by atoms with Crippen LogP contribution in [0.4, 0.5) is 0 Å².